The summed E-state index contributed by atoms with van der Waals surface area (Å²) in [6, 6.07) is 9.67. The Morgan fingerprint density at radius 2 is 1.79 bits per heavy atom. The van der Waals surface area contributed by atoms with Crippen LogP contribution in [0, 0.1) is 20.8 Å². The highest BCUT2D eigenvalue weighted by Gasteiger charge is 2.25. The Morgan fingerprint density at radius 1 is 1.00 bits per heavy atom. The predicted molar refractivity (Wildman–Crippen MR) is 112 cm³/mol. The third-order valence-electron chi connectivity index (χ3n) is 5.08. The molecule has 0 aromatic carbocycles. The molecule has 0 atom stereocenters. The Balaban J connectivity index is 1.53. The van der Waals surface area contributed by atoms with Gasteiger partial charge in [-0.05, 0) is 45.0 Å². The Labute approximate surface area is 168 Å². The van der Waals surface area contributed by atoms with Crippen LogP contribution in [-0.4, -0.2) is 51.9 Å². The summed E-state index contributed by atoms with van der Waals surface area (Å²) < 4.78 is 0. The van der Waals surface area contributed by atoms with E-state index in [1.165, 1.54) is 0 Å². The van der Waals surface area contributed by atoms with Gasteiger partial charge in [-0.1, -0.05) is 6.07 Å². The lowest BCUT2D eigenvalue weighted by Crippen LogP contribution is -2.49. The van der Waals surface area contributed by atoms with Gasteiger partial charge in [-0.2, -0.15) is 0 Å². The molecular formula is C21H23N5OS. The zero-order valence-corrected chi connectivity index (χ0v) is 17.2. The Bertz CT molecular complexity index is 993. The van der Waals surface area contributed by atoms with Crippen molar-refractivity contribution in [3.63, 3.8) is 0 Å². The molecule has 1 amide bonds. The van der Waals surface area contributed by atoms with Gasteiger partial charge in [-0.3, -0.25) is 9.78 Å². The first kappa shape index (κ1) is 18.6. The van der Waals surface area contributed by atoms with Crippen molar-refractivity contribution in [3.8, 4) is 11.5 Å². The number of hydrogen-bond donors (Lipinski definition) is 0. The van der Waals surface area contributed by atoms with Crippen molar-refractivity contribution in [3.05, 3.63) is 57.5 Å². The highest BCUT2D eigenvalue weighted by molar-refractivity contribution is 7.13. The van der Waals surface area contributed by atoms with E-state index in [-0.39, 0.29) is 5.91 Å². The molecule has 28 heavy (non-hydrogen) atoms. The van der Waals surface area contributed by atoms with Crippen LogP contribution in [0.4, 0.5) is 5.82 Å². The first-order chi connectivity index (χ1) is 13.5. The maximum Gasteiger partial charge on any atom is 0.264 e. The predicted octanol–water partition coefficient (Wildman–Crippen LogP) is 3.49. The molecule has 0 spiro atoms. The van der Waals surface area contributed by atoms with Crippen LogP contribution < -0.4 is 4.90 Å². The van der Waals surface area contributed by atoms with E-state index in [1.807, 2.05) is 49.1 Å². The van der Waals surface area contributed by atoms with Gasteiger partial charge in [-0.25, -0.2) is 9.97 Å². The van der Waals surface area contributed by atoms with E-state index in [2.05, 4.69) is 21.8 Å². The van der Waals surface area contributed by atoms with Gasteiger partial charge in [0, 0.05) is 48.5 Å². The van der Waals surface area contributed by atoms with E-state index in [4.69, 9.17) is 4.98 Å². The lowest BCUT2D eigenvalue weighted by atomic mass is 10.2. The van der Waals surface area contributed by atoms with Crippen LogP contribution >= 0.6 is 11.3 Å². The van der Waals surface area contributed by atoms with Crippen molar-refractivity contribution in [2.24, 2.45) is 0 Å². The molecule has 1 aliphatic heterocycles. The van der Waals surface area contributed by atoms with Crippen molar-refractivity contribution >= 4 is 23.1 Å². The van der Waals surface area contributed by atoms with E-state index < -0.39 is 0 Å². The van der Waals surface area contributed by atoms with Gasteiger partial charge in [0.15, 0.2) is 5.82 Å². The summed E-state index contributed by atoms with van der Waals surface area (Å²) in [6.07, 6.45) is 1.75. The Hall–Kier alpha value is -2.80. The number of aromatic nitrogens is 3. The second-order valence-electron chi connectivity index (χ2n) is 6.99. The number of hydrogen-bond acceptors (Lipinski definition) is 6. The molecule has 1 saturated heterocycles. The van der Waals surface area contributed by atoms with Gasteiger partial charge in [0.1, 0.15) is 11.5 Å². The average Bonchev–Trinajstić information content (AvgIpc) is 3.16. The van der Waals surface area contributed by atoms with E-state index in [1.54, 1.807) is 17.5 Å². The fourth-order valence-corrected chi connectivity index (χ4v) is 4.19. The summed E-state index contributed by atoms with van der Waals surface area (Å²) in [7, 11) is 0. The average molecular weight is 394 g/mol. The minimum absolute atomic E-state index is 0.127. The van der Waals surface area contributed by atoms with Crippen molar-refractivity contribution < 1.29 is 4.79 Å². The van der Waals surface area contributed by atoms with Crippen LogP contribution in [0.25, 0.3) is 11.5 Å². The van der Waals surface area contributed by atoms with Gasteiger partial charge in [0.05, 0.1) is 4.88 Å². The second-order valence-corrected chi connectivity index (χ2v) is 8.27. The molecule has 0 aliphatic carbocycles. The minimum atomic E-state index is 0.127. The van der Waals surface area contributed by atoms with Crippen molar-refractivity contribution in [1.29, 1.82) is 0 Å². The molecule has 0 bridgehead atoms. The standard InChI is InChI=1S/C21H23N5OS/c1-14-7-8-18(28-14)21(27)26-12-10-25(11-13-26)20-15(2)16(3)23-19(24-20)17-6-4-5-9-22-17/h4-9H,10-13H2,1-3H3. The number of nitrogens with zero attached hydrogens (tertiary/aromatic N) is 5. The molecule has 6 nitrogen and oxygen atoms in total. The maximum atomic E-state index is 12.7. The summed E-state index contributed by atoms with van der Waals surface area (Å²) in [4.78, 5) is 32.7. The monoisotopic (exact) mass is 393 g/mol. The van der Waals surface area contributed by atoms with E-state index in [0.29, 0.717) is 18.9 Å². The SMILES string of the molecule is Cc1ccc(C(=O)N2CCN(c3nc(-c4ccccn4)nc(C)c3C)CC2)s1. The number of piperazine rings is 1. The van der Waals surface area contributed by atoms with Gasteiger partial charge in [0.2, 0.25) is 0 Å². The van der Waals surface area contributed by atoms with Crippen LogP contribution in [0.1, 0.15) is 25.8 Å². The highest BCUT2D eigenvalue weighted by atomic mass is 32.1. The van der Waals surface area contributed by atoms with Crippen molar-refractivity contribution in [1.82, 2.24) is 19.9 Å². The molecule has 4 heterocycles. The quantitative estimate of drug-likeness (QED) is 0.682. The number of aryl methyl sites for hydroxylation is 2. The molecule has 144 valence electrons. The van der Waals surface area contributed by atoms with E-state index in [9.17, 15) is 4.79 Å². The fourth-order valence-electron chi connectivity index (χ4n) is 3.36. The maximum absolute atomic E-state index is 12.7. The van der Waals surface area contributed by atoms with Crippen molar-refractivity contribution in [2.45, 2.75) is 20.8 Å². The Kier molecular flexibility index (Phi) is 5.09. The fraction of sp³-hybridized carbons (Fsp3) is 0.333. The summed E-state index contributed by atoms with van der Waals surface area (Å²) >= 11 is 1.56. The zero-order valence-electron chi connectivity index (χ0n) is 16.3. The van der Waals surface area contributed by atoms with Crippen LogP contribution in [0.2, 0.25) is 0 Å². The van der Waals surface area contributed by atoms with E-state index >= 15 is 0 Å². The topological polar surface area (TPSA) is 62.2 Å². The number of carbonyl (C=O) groups is 1. The number of carbonyl (C=O) groups excluding carboxylic acids is 1. The molecule has 0 radical (unpaired) electrons. The lowest BCUT2D eigenvalue weighted by Gasteiger charge is -2.36. The molecule has 1 aliphatic rings. The number of pyridine rings is 1. The molecular weight excluding hydrogens is 370 g/mol. The molecule has 3 aromatic rings. The zero-order chi connectivity index (χ0) is 19.7. The largest absolute Gasteiger partial charge is 0.353 e. The van der Waals surface area contributed by atoms with Gasteiger partial charge in [-0.15, -0.1) is 11.3 Å². The molecule has 3 aromatic heterocycles. The van der Waals surface area contributed by atoms with Crippen LogP contribution in [0.15, 0.2) is 36.5 Å². The van der Waals surface area contributed by atoms with E-state index in [0.717, 1.165) is 45.6 Å². The normalized spacial score (nSPS) is 14.4. The third-order valence-corrected chi connectivity index (χ3v) is 6.06. The van der Waals surface area contributed by atoms with Crippen LogP contribution in [0.3, 0.4) is 0 Å². The summed E-state index contributed by atoms with van der Waals surface area (Å²) in [5.74, 6) is 1.71. The molecule has 0 unspecified atom stereocenters. The van der Waals surface area contributed by atoms with Crippen molar-refractivity contribution in [2.75, 3.05) is 31.1 Å². The van der Waals surface area contributed by atoms with Gasteiger partial charge >= 0.3 is 0 Å². The van der Waals surface area contributed by atoms with Gasteiger partial charge < -0.3 is 9.80 Å². The minimum Gasteiger partial charge on any atom is -0.353 e. The summed E-state index contributed by atoms with van der Waals surface area (Å²) in [5, 5.41) is 0. The third kappa shape index (κ3) is 3.62. The molecule has 1 fully saturated rings. The Morgan fingerprint density at radius 3 is 2.43 bits per heavy atom. The first-order valence-electron chi connectivity index (χ1n) is 9.40. The number of amides is 1. The summed E-state index contributed by atoms with van der Waals surface area (Å²) in [5.41, 5.74) is 2.81. The number of anilines is 1. The smallest absolute Gasteiger partial charge is 0.264 e. The van der Waals surface area contributed by atoms with Crippen LogP contribution in [0.5, 0.6) is 0 Å². The first-order valence-corrected chi connectivity index (χ1v) is 10.2. The second kappa shape index (κ2) is 7.67. The molecule has 7 heteroatoms. The highest BCUT2D eigenvalue weighted by Crippen LogP contribution is 2.25. The lowest BCUT2D eigenvalue weighted by molar-refractivity contribution is 0.0751. The molecule has 0 saturated carbocycles. The van der Waals surface area contributed by atoms with Crippen LogP contribution in [-0.2, 0) is 0 Å². The molecule has 4 rings (SSSR count). The summed E-state index contributed by atoms with van der Waals surface area (Å²) in [6.45, 7) is 8.99. The van der Waals surface area contributed by atoms with Gasteiger partial charge in [0.25, 0.3) is 5.91 Å². The number of thiophene rings is 1. The number of rotatable bonds is 3. The molecule has 0 N–H and O–H groups in total.